The maximum absolute atomic E-state index is 14.8. The number of anilines is 1. The molecule has 2 aliphatic rings. The van der Waals surface area contributed by atoms with Crippen molar-refractivity contribution in [3.05, 3.63) is 83.4 Å². The van der Waals surface area contributed by atoms with Crippen molar-refractivity contribution in [3.63, 3.8) is 0 Å². The molecule has 0 bridgehead atoms. The van der Waals surface area contributed by atoms with Crippen LogP contribution in [0, 0.1) is 6.92 Å². The Balaban J connectivity index is 1.28. The number of nitrogens with one attached hydrogen (secondary N) is 2. The maximum Gasteiger partial charge on any atom is 0.258 e. The van der Waals surface area contributed by atoms with Crippen molar-refractivity contribution in [1.29, 1.82) is 0 Å². The molecule has 2 N–H and O–H groups in total. The number of hydrogen-bond donors (Lipinski definition) is 2. The second-order valence-corrected chi connectivity index (χ2v) is 11.5. The molecule has 0 aliphatic heterocycles. The lowest BCUT2D eigenvalue weighted by Crippen LogP contribution is -2.50. The van der Waals surface area contributed by atoms with E-state index >= 15 is 0 Å². The molecule has 0 unspecified atom stereocenters. The highest BCUT2D eigenvalue weighted by atomic mass is 19.1. The average Bonchev–Trinajstić information content (AvgIpc) is 3.47. The predicted octanol–water partition coefficient (Wildman–Crippen LogP) is 5.46. The van der Waals surface area contributed by atoms with Crippen LogP contribution >= 0.6 is 0 Å². The van der Waals surface area contributed by atoms with Gasteiger partial charge in [0.15, 0.2) is 5.67 Å². The summed E-state index contributed by atoms with van der Waals surface area (Å²) in [6, 6.07) is 12.7. The predicted molar refractivity (Wildman–Crippen MR) is 160 cm³/mol. The van der Waals surface area contributed by atoms with Crippen LogP contribution in [0.3, 0.4) is 0 Å². The van der Waals surface area contributed by atoms with E-state index in [4.69, 9.17) is 4.98 Å². The van der Waals surface area contributed by atoms with Gasteiger partial charge in [-0.1, -0.05) is 37.6 Å². The summed E-state index contributed by atoms with van der Waals surface area (Å²) in [7, 11) is 1.89. The molecule has 8 nitrogen and oxygen atoms in total. The third-order valence-corrected chi connectivity index (χ3v) is 8.37. The van der Waals surface area contributed by atoms with Gasteiger partial charge in [-0.05, 0) is 73.9 Å². The summed E-state index contributed by atoms with van der Waals surface area (Å²) in [6.07, 6.45) is 8.95. The Morgan fingerprint density at radius 2 is 1.86 bits per heavy atom. The van der Waals surface area contributed by atoms with Crippen LogP contribution in [0.15, 0.2) is 61.1 Å². The SMILES string of the molecule is CCCc1cncc(-c2ccc3c(c2)[C@H]([C@H](NC(=O)C2(F)CC2)C(=O)Nc2ccc(-c4c(C)cnn4C)cc2)CC3)n1. The Bertz CT molecular complexity index is 1620. The molecule has 9 heteroatoms. The molecule has 2 amide bonds. The average molecular weight is 567 g/mol. The van der Waals surface area contributed by atoms with E-state index in [1.165, 1.54) is 0 Å². The summed E-state index contributed by atoms with van der Waals surface area (Å²) in [5, 5.41) is 10.1. The van der Waals surface area contributed by atoms with E-state index in [0.717, 1.165) is 64.2 Å². The quantitative estimate of drug-likeness (QED) is 0.280. The van der Waals surface area contributed by atoms with Crippen LogP contribution in [0.2, 0.25) is 0 Å². The number of aromatic nitrogens is 4. The van der Waals surface area contributed by atoms with Gasteiger partial charge in [-0.2, -0.15) is 5.10 Å². The molecule has 0 saturated heterocycles. The summed E-state index contributed by atoms with van der Waals surface area (Å²) in [5.74, 6) is -1.40. The van der Waals surface area contributed by atoms with Gasteiger partial charge in [0, 0.05) is 36.0 Å². The molecule has 216 valence electrons. The van der Waals surface area contributed by atoms with E-state index in [2.05, 4.69) is 33.7 Å². The van der Waals surface area contributed by atoms with Crippen LogP contribution in [0.5, 0.6) is 0 Å². The van der Waals surface area contributed by atoms with Crippen LogP contribution in [0.4, 0.5) is 10.1 Å². The number of nitrogens with zero attached hydrogens (tertiary/aromatic N) is 4. The van der Waals surface area contributed by atoms with Crippen LogP contribution in [0.1, 0.15) is 60.9 Å². The lowest BCUT2D eigenvalue weighted by atomic mass is 9.90. The highest BCUT2D eigenvalue weighted by Crippen LogP contribution is 2.42. The Labute approximate surface area is 244 Å². The van der Waals surface area contributed by atoms with E-state index in [9.17, 15) is 14.0 Å². The third kappa shape index (κ3) is 5.43. The normalized spacial score (nSPS) is 17.4. The summed E-state index contributed by atoms with van der Waals surface area (Å²) in [4.78, 5) is 35.9. The molecule has 6 rings (SSSR count). The number of hydrogen-bond acceptors (Lipinski definition) is 5. The Hall–Kier alpha value is -4.40. The zero-order valence-corrected chi connectivity index (χ0v) is 24.2. The van der Waals surface area contributed by atoms with Crippen molar-refractivity contribution < 1.29 is 14.0 Å². The molecule has 2 atom stereocenters. The fraction of sp³-hybridized carbons (Fsp3) is 0.364. The van der Waals surface area contributed by atoms with Crippen molar-refractivity contribution in [2.24, 2.45) is 7.05 Å². The molecule has 4 aromatic rings. The fourth-order valence-electron chi connectivity index (χ4n) is 5.91. The fourth-order valence-corrected chi connectivity index (χ4v) is 5.91. The highest BCUT2D eigenvalue weighted by Gasteiger charge is 2.52. The molecule has 0 radical (unpaired) electrons. The second kappa shape index (κ2) is 11.1. The monoisotopic (exact) mass is 566 g/mol. The number of carbonyl (C=O) groups is 2. The van der Waals surface area contributed by atoms with Crippen LogP contribution in [0.25, 0.3) is 22.5 Å². The topological polar surface area (TPSA) is 102 Å². The van der Waals surface area contributed by atoms with Crippen LogP contribution in [-0.4, -0.2) is 43.3 Å². The number of carbonyl (C=O) groups excluding carboxylic acids is 2. The molecule has 2 aromatic carbocycles. The number of rotatable bonds is 9. The highest BCUT2D eigenvalue weighted by molar-refractivity contribution is 6.00. The van der Waals surface area contributed by atoms with E-state index in [-0.39, 0.29) is 24.7 Å². The van der Waals surface area contributed by atoms with E-state index in [1.54, 1.807) is 12.4 Å². The van der Waals surface area contributed by atoms with Crippen molar-refractivity contribution in [3.8, 4) is 22.5 Å². The zero-order valence-electron chi connectivity index (χ0n) is 24.2. The van der Waals surface area contributed by atoms with Gasteiger partial charge >= 0.3 is 0 Å². The molecule has 2 aliphatic carbocycles. The van der Waals surface area contributed by atoms with Gasteiger partial charge in [0.2, 0.25) is 5.91 Å². The summed E-state index contributed by atoms with van der Waals surface area (Å²) in [6.45, 7) is 4.11. The number of fused-ring (bicyclic) bond motifs is 1. The lowest BCUT2D eigenvalue weighted by Gasteiger charge is -2.26. The molecule has 0 spiro atoms. The van der Waals surface area contributed by atoms with E-state index < -0.39 is 17.6 Å². The Morgan fingerprint density at radius 3 is 2.55 bits per heavy atom. The molecular weight excluding hydrogens is 531 g/mol. The van der Waals surface area contributed by atoms with Gasteiger partial charge in [-0.15, -0.1) is 0 Å². The van der Waals surface area contributed by atoms with Crippen molar-refractivity contribution in [2.75, 3.05) is 5.32 Å². The van der Waals surface area contributed by atoms with E-state index in [0.29, 0.717) is 12.1 Å². The van der Waals surface area contributed by atoms with Gasteiger partial charge < -0.3 is 10.6 Å². The number of aryl methyl sites for hydroxylation is 4. The van der Waals surface area contributed by atoms with Crippen LogP contribution in [-0.2, 0) is 29.5 Å². The summed E-state index contributed by atoms with van der Waals surface area (Å²) < 4.78 is 16.6. The molecule has 2 heterocycles. The Morgan fingerprint density at radius 1 is 1.10 bits per heavy atom. The van der Waals surface area contributed by atoms with Gasteiger partial charge in [0.05, 0.1) is 29.5 Å². The van der Waals surface area contributed by atoms with E-state index in [1.807, 2.05) is 61.2 Å². The summed E-state index contributed by atoms with van der Waals surface area (Å²) >= 11 is 0. The number of benzene rings is 2. The van der Waals surface area contributed by atoms with Crippen LogP contribution < -0.4 is 10.6 Å². The minimum atomic E-state index is -1.89. The van der Waals surface area contributed by atoms with Gasteiger partial charge in [0.25, 0.3) is 5.91 Å². The minimum absolute atomic E-state index is 0.181. The third-order valence-electron chi connectivity index (χ3n) is 8.37. The van der Waals surface area contributed by atoms with Gasteiger partial charge in [0.1, 0.15) is 6.04 Å². The van der Waals surface area contributed by atoms with Crippen molar-refractivity contribution >= 4 is 17.5 Å². The van der Waals surface area contributed by atoms with Gasteiger partial charge in [-0.3, -0.25) is 19.3 Å². The van der Waals surface area contributed by atoms with Crippen molar-refractivity contribution in [2.45, 2.75) is 70.0 Å². The number of alkyl halides is 1. The Kier molecular flexibility index (Phi) is 7.35. The zero-order chi connectivity index (χ0) is 29.4. The van der Waals surface area contributed by atoms with Gasteiger partial charge in [-0.25, -0.2) is 9.37 Å². The summed E-state index contributed by atoms with van der Waals surface area (Å²) in [5.41, 5.74) is 6.43. The number of amides is 2. The first-order chi connectivity index (χ1) is 20.3. The smallest absolute Gasteiger partial charge is 0.258 e. The first-order valence-corrected chi connectivity index (χ1v) is 14.6. The first-order valence-electron chi connectivity index (χ1n) is 14.6. The molecule has 1 fully saturated rings. The standard InChI is InChI=1S/C33H35FN6O2/c1-4-5-25-18-35-19-28(37-25)23-7-6-21-10-13-26(27(21)16-23)29(39-32(42)33(34)14-15-33)31(41)38-24-11-8-22(9-12-24)30-20(2)17-36-40(30)3/h6-9,11-12,16-19,26,29H,4-5,10,13-15H2,1-3H3,(H,38,41)(H,39,42)/t26-,29+/m1/s1. The second-order valence-electron chi connectivity index (χ2n) is 11.5. The van der Waals surface area contributed by atoms with Crippen molar-refractivity contribution in [1.82, 2.24) is 25.1 Å². The first kappa shape index (κ1) is 27.8. The molecule has 1 saturated carbocycles. The molecule has 2 aromatic heterocycles. The minimum Gasteiger partial charge on any atom is -0.341 e. The number of halogens is 1. The lowest BCUT2D eigenvalue weighted by molar-refractivity contribution is -0.131. The molecule has 42 heavy (non-hydrogen) atoms. The maximum atomic E-state index is 14.8. The molecular formula is C33H35FN6O2. The largest absolute Gasteiger partial charge is 0.341 e.